The molecule has 0 saturated heterocycles. The zero-order chi connectivity index (χ0) is 25.5. The molecule has 3 aromatic rings. The number of benzene rings is 2. The molecule has 0 atom stereocenters. The molecule has 0 radical (unpaired) electrons. The van der Waals surface area contributed by atoms with Gasteiger partial charge in [0.25, 0.3) is 10.1 Å². The standard InChI is InChI=1S/C24H26N2O6S3/c1-19-5-9-22(10-6-19)33-24(25-32-35(30,31)23-11-7-20(2)8-12-23)21-13-16-26(17-14-21)15-3-4-18-34(27,28)29/h5-14,16-17H,3-4,15,18H2,1-2H3/p+1. The summed E-state index contributed by atoms with van der Waals surface area (Å²) in [5, 5.41) is 4.37. The molecule has 3 rings (SSSR count). The first kappa shape index (κ1) is 26.9. The first-order valence-electron chi connectivity index (χ1n) is 10.8. The van der Waals surface area contributed by atoms with Gasteiger partial charge < -0.3 is 0 Å². The van der Waals surface area contributed by atoms with E-state index in [1.54, 1.807) is 36.7 Å². The number of oxime groups is 1. The third-order valence-electron chi connectivity index (χ3n) is 4.97. The van der Waals surface area contributed by atoms with Gasteiger partial charge in [-0.2, -0.15) is 16.8 Å². The molecule has 0 aliphatic rings. The molecule has 0 unspecified atom stereocenters. The lowest BCUT2D eigenvalue weighted by molar-refractivity contribution is -0.697. The molecule has 1 heterocycles. The predicted octanol–water partition coefficient (Wildman–Crippen LogP) is 4.12. The van der Waals surface area contributed by atoms with E-state index >= 15 is 0 Å². The second-order valence-electron chi connectivity index (χ2n) is 7.97. The van der Waals surface area contributed by atoms with Crippen molar-refractivity contribution in [3.8, 4) is 0 Å². The molecular weight excluding hydrogens is 508 g/mol. The molecule has 186 valence electrons. The molecule has 2 aromatic carbocycles. The number of hydrogen-bond donors (Lipinski definition) is 1. The van der Waals surface area contributed by atoms with Crippen LogP contribution in [0.5, 0.6) is 0 Å². The van der Waals surface area contributed by atoms with Crippen molar-refractivity contribution in [3.05, 3.63) is 89.7 Å². The van der Waals surface area contributed by atoms with Crippen molar-refractivity contribution < 1.29 is 30.2 Å². The highest BCUT2D eigenvalue weighted by atomic mass is 32.2. The number of rotatable bonds is 10. The smallest absolute Gasteiger partial charge is 0.286 e. The quantitative estimate of drug-likeness (QED) is 0.0790. The molecule has 0 spiro atoms. The topological polar surface area (TPSA) is 114 Å². The van der Waals surface area contributed by atoms with Crippen molar-refractivity contribution in [2.45, 2.75) is 43.0 Å². The van der Waals surface area contributed by atoms with Crippen LogP contribution in [-0.4, -0.2) is 32.2 Å². The summed E-state index contributed by atoms with van der Waals surface area (Å²) in [5.74, 6) is -0.275. The summed E-state index contributed by atoms with van der Waals surface area (Å²) < 4.78 is 62.7. The fourth-order valence-electron chi connectivity index (χ4n) is 3.01. The summed E-state index contributed by atoms with van der Waals surface area (Å²) in [6, 6.07) is 17.6. The molecule has 0 fully saturated rings. The Morgan fingerprint density at radius 2 is 1.46 bits per heavy atom. The Morgan fingerprint density at radius 1 is 0.886 bits per heavy atom. The monoisotopic (exact) mass is 535 g/mol. The van der Waals surface area contributed by atoms with Crippen LogP contribution < -0.4 is 4.57 Å². The van der Waals surface area contributed by atoms with Crippen LogP contribution in [-0.2, 0) is 31.1 Å². The van der Waals surface area contributed by atoms with Gasteiger partial charge in [0.1, 0.15) is 16.5 Å². The maximum atomic E-state index is 12.6. The molecule has 8 nitrogen and oxygen atoms in total. The minimum absolute atomic E-state index is 0.0160. The lowest BCUT2D eigenvalue weighted by atomic mass is 10.2. The number of thioether (sulfide) groups is 1. The van der Waals surface area contributed by atoms with E-state index in [9.17, 15) is 16.8 Å². The second-order valence-corrected chi connectivity index (χ2v) is 12.1. The molecule has 1 aromatic heterocycles. The Bertz CT molecular complexity index is 1370. The van der Waals surface area contributed by atoms with E-state index in [1.165, 1.54) is 23.9 Å². The van der Waals surface area contributed by atoms with Crippen LogP contribution in [0.4, 0.5) is 0 Å². The fourth-order valence-corrected chi connectivity index (χ4v) is 5.18. The van der Waals surface area contributed by atoms with Gasteiger partial charge in [-0.15, -0.1) is 0 Å². The van der Waals surface area contributed by atoms with Crippen LogP contribution in [0, 0.1) is 13.8 Å². The molecule has 0 aliphatic carbocycles. The number of aromatic nitrogens is 1. The van der Waals surface area contributed by atoms with Crippen LogP contribution in [0.3, 0.4) is 0 Å². The van der Waals surface area contributed by atoms with Gasteiger partial charge in [-0.1, -0.05) is 52.3 Å². The van der Waals surface area contributed by atoms with E-state index < -0.39 is 20.2 Å². The van der Waals surface area contributed by atoms with Gasteiger partial charge in [-0.3, -0.25) is 8.84 Å². The van der Waals surface area contributed by atoms with Gasteiger partial charge >= 0.3 is 10.1 Å². The molecule has 11 heteroatoms. The number of nitrogens with zero attached hydrogens (tertiary/aromatic N) is 2. The van der Waals surface area contributed by atoms with Crippen molar-refractivity contribution in [1.29, 1.82) is 0 Å². The Hall–Kier alpha value is -2.73. The Balaban J connectivity index is 1.80. The molecular formula is C24H27N2O6S3+. The summed E-state index contributed by atoms with van der Waals surface area (Å²) in [5.41, 5.74) is 2.68. The Labute approximate surface area is 210 Å². The molecule has 0 saturated carbocycles. The van der Waals surface area contributed by atoms with E-state index in [0.717, 1.165) is 16.0 Å². The van der Waals surface area contributed by atoms with Gasteiger partial charge in [0, 0.05) is 29.0 Å². The molecule has 0 aliphatic heterocycles. The molecule has 35 heavy (non-hydrogen) atoms. The maximum Gasteiger partial charge on any atom is 0.358 e. The fraction of sp³-hybridized carbons (Fsp3) is 0.250. The van der Waals surface area contributed by atoms with E-state index in [0.29, 0.717) is 30.0 Å². The van der Waals surface area contributed by atoms with Crippen LogP contribution >= 0.6 is 11.8 Å². The lowest BCUT2D eigenvalue weighted by Gasteiger charge is -2.08. The van der Waals surface area contributed by atoms with Gasteiger partial charge in [-0.05, 0) is 44.5 Å². The first-order chi connectivity index (χ1) is 16.5. The average Bonchev–Trinajstić information content (AvgIpc) is 2.81. The lowest BCUT2D eigenvalue weighted by Crippen LogP contribution is -2.33. The summed E-state index contributed by atoms with van der Waals surface area (Å²) >= 11 is 1.28. The molecule has 1 N–H and O–H groups in total. The largest absolute Gasteiger partial charge is 0.358 e. The zero-order valence-corrected chi connectivity index (χ0v) is 21.8. The van der Waals surface area contributed by atoms with Gasteiger partial charge in [-0.25, -0.2) is 4.57 Å². The van der Waals surface area contributed by atoms with Crippen LogP contribution in [0.15, 0.2) is 88.0 Å². The first-order valence-corrected chi connectivity index (χ1v) is 14.6. The highest BCUT2D eigenvalue weighted by Crippen LogP contribution is 2.25. The van der Waals surface area contributed by atoms with Gasteiger partial charge in [0.15, 0.2) is 12.4 Å². The number of unbranched alkanes of at least 4 members (excludes halogenated alkanes) is 1. The van der Waals surface area contributed by atoms with Crippen molar-refractivity contribution in [2.75, 3.05) is 5.75 Å². The van der Waals surface area contributed by atoms with Crippen LogP contribution in [0.1, 0.15) is 29.5 Å². The molecule has 0 amide bonds. The minimum atomic E-state index is -4.09. The second kappa shape index (κ2) is 11.8. The Kier molecular flexibility index (Phi) is 9.06. The summed E-state index contributed by atoms with van der Waals surface area (Å²) in [7, 11) is -8.05. The molecule has 0 bridgehead atoms. The third kappa shape index (κ3) is 8.77. The highest BCUT2D eigenvalue weighted by Gasteiger charge is 2.18. The zero-order valence-electron chi connectivity index (χ0n) is 19.4. The van der Waals surface area contributed by atoms with Crippen molar-refractivity contribution in [3.63, 3.8) is 0 Å². The normalized spacial score (nSPS) is 12.5. The van der Waals surface area contributed by atoms with E-state index in [-0.39, 0.29) is 10.6 Å². The average molecular weight is 536 g/mol. The third-order valence-corrected chi connectivity index (χ3v) is 7.91. The van der Waals surface area contributed by atoms with Crippen molar-refractivity contribution in [1.82, 2.24) is 0 Å². The van der Waals surface area contributed by atoms with Crippen molar-refractivity contribution in [2.24, 2.45) is 5.16 Å². The van der Waals surface area contributed by atoms with Crippen LogP contribution in [0.25, 0.3) is 0 Å². The van der Waals surface area contributed by atoms with Crippen LogP contribution in [0.2, 0.25) is 0 Å². The summed E-state index contributed by atoms with van der Waals surface area (Å²) in [6.45, 7) is 4.40. The Morgan fingerprint density at radius 3 is 2.03 bits per heavy atom. The summed E-state index contributed by atoms with van der Waals surface area (Å²) in [4.78, 5) is 0.884. The van der Waals surface area contributed by atoms with Gasteiger partial charge in [0.05, 0.1) is 5.75 Å². The summed E-state index contributed by atoms with van der Waals surface area (Å²) in [6.07, 6.45) is 4.50. The van der Waals surface area contributed by atoms with E-state index in [2.05, 4.69) is 5.16 Å². The number of aryl methyl sites for hydroxylation is 3. The SMILES string of the molecule is Cc1ccc(SC(=NOS(=O)(=O)c2ccc(C)cc2)c2cc[n+](CCCCS(=O)(=O)O)cc2)cc1. The minimum Gasteiger partial charge on any atom is -0.286 e. The highest BCUT2D eigenvalue weighted by molar-refractivity contribution is 8.14. The van der Waals surface area contributed by atoms with Gasteiger partial charge in [0.2, 0.25) is 0 Å². The number of hydrogen-bond acceptors (Lipinski definition) is 7. The van der Waals surface area contributed by atoms with E-state index in [1.807, 2.05) is 42.7 Å². The number of pyridine rings is 1. The van der Waals surface area contributed by atoms with Crippen molar-refractivity contribution >= 4 is 37.0 Å². The predicted molar refractivity (Wildman–Crippen MR) is 135 cm³/mol. The maximum absolute atomic E-state index is 12.6. The van der Waals surface area contributed by atoms with E-state index in [4.69, 9.17) is 8.84 Å².